The molecular weight excluding hydrogens is 180 g/mol. The third-order valence-electron chi connectivity index (χ3n) is 2.03. The van der Waals surface area contributed by atoms with E-state index in [9.17, 15) is 0 Å². The average Bonchev–Trinajstić information content (AvgIpc) is 2.19. The third kappa shape index (κ3) is 3.83. The average molecular weight is 196 g/mol. The van der Waals surface area contributed by atoms with Gasteiger partial charge >= 0.3 is 0 Å². The summed E-state index contributed by atoms with van der Waals surface area (Å²) in [5.41, 5.74) is 1.37. The van der Waals surface area contributed by atoms with Crippen molar-refractivity contribution < 1.29 is 5.11 Å². The highest BCUT2D eigenvalue weighted by Crippen LogP contribution is 2.15. The van der Waals surface area contributed by atoms with Gasteiger partial charge < -0.3 is 5.11 Å². The molecule has 1 N–H and O–H groups in total. The Hall–Kier alpha value is -0.470. The van der Waals surface area contributed by atoms with Crippen LogP contribution in [0.25, 0.3) is 0 Å². The maximum Gasteiger partial charge on any atom is 0.0431 e. The van der Waals surface area contributed by atoms with Crippen molar-refractivity contribution in [2.24, 2.45) is 0 Å². The monoisotopic (exact) mass is 196 g/mol. The number of aryl methyl sites for hydroxylation is 1. The van der Waals surface area contributed by atoms with Crippen molar-refractivity contribution in [2.75, 3.05) is 12.9 Å². The molecule has 0 unspecified atom stereocenters. The van der Waals surface area contributed by atoms with E-state index in [4.69, 9.17) is 5.11 Å². The highest BCUT2D eigenvalue weighted by Gasteiger charge is 1.93. The summed E-state index contributed by atoms with van der Waals surface area (Å²) in [7, 11) is 0. The molecule has 13 heavy (non-hydrogen) atoms. The van der Waals surface area contributed by atoms with Crippen LogP contribution in [0.1, 0.15) is 18.4 Å². The van der Waals surface area contributed by atoms with Crippen LogP contribution in [0.2, 0.25) is 0 Å². The second-order valence-electron chi connectivity index (χ2n) is 3.03. The number of benzene rings is 1. The summed E-state index contributed by atoms with van der Waals surface area (Å²) in [5, 5.41) is 8.62. The Kier molecular flexibility index (Phi) is 4.94. The fourth-order valence-corrected chi connectivity index (χ4v) is 1.64. The van der Waals surface area contributed by atoms with Gasteiger partial charge in [-0.15, -0.1) is 11.8 Å². The van der Waals surface area contributed by atoms with Gasteiger partial charge in [0.25, 0.3) is 0 Å². The lowest BCUT2D eigenvalue weighted by Gasteiger charge is -2.01. The van der Waals surface area contributed by atoms with Gasteiger partial charge in [0.2, 0.25) is 0 Å². The number of unbranched alkanes of at least 4 members (excludes halogenated alkanes) is 1. The van der Waals surface area contributed by atoms with E-state index in [1.165, 1.54) is 10.5 Å². The van der Waals surface area contributed by atoms with E-state index in [0.29, 0.717) is 6.61 Å². The molecule has 0 amide bonds. The van der Waals surface area contributed by atoms with E-state index in [1.807, 2.05) is 0 Å². The second kappa shape index (κ2) is 6.06. The fraction of sp³-hybridized carbons (Fsp3) is 0.455. The van der Waals surface area contributed by atoms with E-state index < -0.39 is 0 Å². The molecule has 0 fully saturated rings. The molecule has 0 spiro atoms. The minimum atomic E-state index is 0.308. The first-order valence-electron chi connectivity index (χ1n) is 4.60. The minimum absolute atomic E-state index is 0.308. The Labute approximate surface area is 84.2 Å². The SMILES string of the molecule is CSc1ccc(CCCCO)cc1. The van der Waals surface area contributed by atoms with Gasteiger partial charge in [0.1, 0.15) is 0 Å². The first-order valence-corrected chi connectivity index (χ1v) is 5.83. The van der Waals surface area contributed by atoms with E-state index in [1.54, 1.807) is 11.8 Å². The van der Waals surface area contributed by atoms with Crippen molar-refractivity contribution in [3.63, 3.8) is 0 Å². The molecule has 2 heteroatoms. The van der Waals surface area contributed by atoms with Crippen molar-refractivity contribution in [1.82, 2.24) is 0 Å². The van der Waals surface area contributed by atoms with Crippen LogP contribution in [0.5, 0.6) is 0 Å². The number of aliphatic hydroxyl groups is 1. The minimum Gasteiger partial charge on any atom is -0.396 e. The summed E-state index contributed by atoms with van der Waals surface area (Å²) in [4.78, 5) is 1.31. The number of rotatable bonds is 5. The smallest absolute Gasteiger partial charge is 0.0431 e. The molecule has 0 aliphatic heterocycles. The van der Waals surface area contributed by atoms with Gasteiger partial charge in [0, 0.05) is 11.5 Å². The summed E-state index contributed by atoms with van der Waals surface area (Å²) < 4.78 is 0. The molecule has 72 valence electrons. The third-order valence-corrected chi connectivity index (χ3v) is 2.78. The van der Waals surface area contributed by atoms with Gasteiger partial charge in [-0.25, -0.2) is 0 Å². The maximum absolute atomic E-state index is 8.62. The van der Waals surface area contributed by atoms with Crippen molar-refractivity contribution in [3.05, 3.63) is 29.8 Å². The summed E-state index contributed by atoms with van der Waals surface area (Å²) in [6.45, 7) is 0.308. The quantitative estimate of drug-likeness (QED) is 0.577. The molecule has 0 aromatic heterocycles. The molecule has 1 rings (SSSR count). The molecule has 0 aliphatic rings. The van der Waals surface area contributed by atoms with Gasteiger partial charge in [0.05, 0.1) is 0 Å². The summed E-state index contributed by atoms with van der Waals surface area (Å²) >= 11 is 1.77. The maximum atomic E-state index is 8.62. The Morgan fingerprint density at radius 3 is 2.38 bits per heavy atom. The standard InChI is InChI=1S/C11H16OS/c1-13-11-7-5-10(6-8-11)4-2-3-9-12/h5-8,12H,2-4,9H2,1H3. The van der Waals surface area contributed by atoms with Gasteiger partial charge in [-0.1, -0.05) is 12.1 Å². The second-order valence-corrected chi connectivity index (χ2v) is 3.91. The zero-order valence-electron chi connectivity index (χ0n) is 7.99. The fourth-order valence-electron chi connectivity index (χ4n) is 1.23. The zero-order chi connectivity index (χ0) is 9.52. The number of aliphatic hydroxyl groups excluding tert-OH is 1. The molecule has 0 radical (unpaired) electrons. The van der Waals surface area contributed by atoms with E-state index in [0.717, 1.165) is 19.3 Å². The molecule has 0 heterocycles. The molecule has 0 saturated carbocycles. The van der Waals surface area contributed by atoms with Crippen molar-refractivity contribution >= 4 is 11.8 Å². The molecule has 0 saturated heterocycles. The molecule has 0 bridgehead atoms. The Bertz CT molecular complexity index is 230. The van der Waals surface area contributed by atoms with Crippen LogP contribution < -0.4 is 0 Å². The van der Waals surface area contributed by atoms with Crippen LogP contribution in [-0.2, 0) is 6.42 Å². The summed E-state index contributed by atoms with van der Waals surface area (Å²) in [6, 6.07) is 8.64. The van der Waals surface area contributed by atoms with Gasteiger partial charge in [-0.2, -0.15) is 0 Å². The predicted molar refractivity (Wildman–Crippen MR) is 58.2 cm³/mol. The highest BCUT2D eigenvalue weighted by molar-refractivity contribution is 7.98. The molecule has 0 aliphatic carbocycles. The topological polar surface area (TPSA) is 20.2 Å². The number of thioether (sulfide) groups is 1. The van der Waals surface area contributed by atoms with Crippen molar-refractivity contribution in [1.29, 1.82) is 0 Å². The summed E-state index contributed by atoms with van der Waals surface area (Å²) in [6.07, 6.45) is 5.15. The van der Waals surface area contributed by atoms with Crippen molar-refractivity contribution in [3.8, 4) is 0 Å². The van der Waals surface area contributed by atoms with Gasteiger partial charge in [0.15, 0.2) is 0 Å². The normalized spacial score (nSPS) is 10.3. The Morgan fingerprint density at radius 2 is 1.85 bits per heavy atom. The van der Waals surface area contributed by atoms with E-state index in [2.05, 4.69) is 30.5 Å². The van der Waals surface area contributed by atoms with Crippen molar-refractivity contribution in [2.45, 2.75) is 24.2 Å². The molecule has 1 aromatic rings. The van der Waals surface area contributed by atoms with Crippen LogP contribution in [0.15, 0.2) is 29.2 Å². The van der Waals surface area contributed by atoms with Crippen LogP contribution in [-0.4, -0.2) is 18.0 Å². The lowest BCUT2D eigenvalue weighted by atomic mass is 10.1. The highest BCUT2D eigenvalue weighted by atomic mass is 32.2. The lowest BCUT2D eigenvalue weighted by molar-refractivity contribution is 0.284. The van der Waals surface area contributed by atoms with Gasteiger partial charge in [-0.05, 0) is 43.2 Å². The first-order chi connectivity index (χ1) is 6.36. The zero-order valence-corrected chi connectivity index (χ0v) is 8.81. The Morgan fingerprint density at radius 1 is 1.15 bits per heavy atom. The van der Waals surface area contributed by atoms with Crippen LogP contribution in [0, 0.1) is 0 Å². The van der Waals surface area contributed by atoms with Gasteiger partial charge in [-0.3, -0.25) is 0 Å². The van der Waals surface area contributed by atoms with Crippen LogP contribution in [0.3, 0.4) is 0 Å². The van der Waals surface area contributed by atoms with E-state index >= 15 is 0 Å². The first kappa shape index (κ1) is 10.6. The van der Waals surface area contributed by atoms with Crippen LogP contribution in [0.4, 0.5) is 0 Å². The molecule has 0 atom stereocenters. The predicted octanol–water partition coefficient (Wildman–Crippen LogP) is 2.72. The Balaban J connectivity index is 2.40. The summed E-state index contributed by atoms with van der Waals surface area (Å²) in [5.74, 6) is 0. The number of hydrogen-bond donors (Lipinski definition) is 1. The largest absolute Gasteiger partial charge is 0.396 e. The molecule has 1 aromatic carbocycles. The lowest BCUT2D eigenvalue weighted by Crippen LogP contribution is -1.88. The van der Waals surface area contributed by atoms with E-state index in [-0.39, 0.29) is 0 Å². The molecule has 1 nitrogen and oxygen atoms in total. The number of hydrogen-bond acceptors (Lipinski definition) is 2. The van der Waals surface area contributed by atoms with Crippen LogP contribution >= 0.6 is 11.8 Å². The molecular formula is C11H16OS.